The fourth-order valence-electron chi connectivity index (χ4n) is 2.34. The van der Waals surface area contributed by atoms with Crippen molar-refractivity contribution in [3.05, 3.63) is 17.6 Å². The molecule has 1 unspecified atom stereocenters. The molecule has 0 saturated carbocycles. The number of anilines is 1. The van der Waals surface area contributed by atoms with E-state index in [1.165, 1.54) is 0 Å². The largest absolute Gasteiger partial charge is 0.373 e. The summed E-state index contributed by atoms with van der Waals surface area (Å²) in [6.07, 6.45) is 0.643. The van der Waals surface area contributed by atoms with Gasteiger partial charge in [-0.25, -0.2) is 9.97 Å². The van der Waals surface area contributed by atoms with E-state index in [9.17, 15) is 9.59 Å². The summed E-state index contributed by atoms with van der Waals surface area (Å²) >= 11 is 0. The van der Waals surface area contributed by atoms with Gasteiger partial charge in [0.1, 0.15) is 11.6 Å². The minimum Gasteiger partial charge on any atom is -0.373 e. The molecule has 7 heteroatoms. The Balaban J connectivity index is 2.20. The molecule has 1 aliphatic heterocycles. The van der Waals surface area contributed by atoms with Crippen molar-refractivity contribution in [2.75, 3.05) is 18.9 Å². The first-order valence-corrected chi connectivity index (χ1v) is 6.63. The van der Waals surface area contributed by atoms with E-state index in [4.69, 9.17) is 0 Å². The molecular weight excluding hydrogens is 258 g/mol. The molecule has 2 N–H and O–H groups in total. The highest BCUT2D eigenvalue weighted by Crippen LogP contribution is 2.13. The van der Waals surface area contributed by atoms with Crippen molar-refractivity contribution in [3.63, 3.8) is 0 Å². The minimum absolute atomic E-state index is 0.191. The van der Waals surface area contributed by atoms with Gasteiger partial charge in [-0.05, 0) is 13.3 Å². The summed E-state index contributed by atoms with van der Waals surface area (Å²) in [6, 6.07) is 1.53. The molecular formula is C13H19N5O2. The van der Waals surface area contributed by atoms with Crippen molar-refractivity contribution in [3.8, 4) is 0 Å². The quantitative estimate of drug-likeness (QED) is 0.757. The number of piperazine rings is 1. The Bertz CT molecular complexity index is 531. The Morgan fingerprint density at radius 3 is 2.85 bits per heavy atom. The monoisotopic (exact) mass is 277 g/mol. The van der Waals surface area contributed by atoms with Crippen LogP contribution in [0.4, 0.5) is 5.82 Å². The highest BCUT2D eigenvalue weighted by Gasteiger charge is 2.32. The van der Waals surface area contributed by atoms with Gasteiger partial charge >= 0.3 is 0 Å². The average molecular weight is 277 g/mol. The maximum atomic E-state index is 11.8. The third-order valence-corrected chi connectivity index (χ3v) is 3.24. The number of imide groups is 1. The molecule has 2 rings (SSSR count). The highest BCUT2D eigenvalue weighted by atomic mass is 16.2. The van der Waals surface area contributed by atoms with Gasteiger partial charge < -0.3 is 5.32 Å². The van der Waals surface area contributed by atoms with Gasteiger partial charge in [0.2, 0.25) is 11.8 Å². The molecule has 1 aromatic heterocycles. The van der Waals surface area contributed by atoms with Crippen molar-refractivity contribution in [2.45, 2.75) is 32.9 Å². The van der Waals surface area contributed by atoms with Gasteiger partial charge in [-0.1, -0.05) is 6.92 Å². The molecule has 0 aromatic carbocycles. The molecule has 0 aliphatic carbocycles. The average Bonchev–Trinajstić information content (AvgIpc) is 2.37. The van der Waals surface area contributed by atoms with Crippen LogP contribution in [0.1, 0.15) is 24.9 Å². The van der Waals surface area contributed by atoms with E-state index in [1.54, 1.807) is 7.05 Å². The second kappa shape index (κ2) is 5.96. The molecule has 1 aromatic rings. The van der Waals surface area contributed by atoms with Gasteiger partial charge in [-0.3, -0.25) is 19.8 Å². The molecule has 0 spiro atoms. The number of nitrogens with one attached hydrogen (secondary N) is 2. The maximum Gasteiger partial charge on any atom is 0.243 e. The van der Waals surface area contributed by atoms with Crippen molar-refractivity contribution >= 4 is 17.6 Å². The Hall–Kier alpha value is -2.02. The summed E-state index contributed by atoms with van der Waals surface area (Å²) < 4.78 is 0. The Labute approximate surface area is 117 Å². The van der Waals surface area contributed by atoms with Crippen LogP contribution in [0.25, 0.3) is 0 Å². The van der Waals surface area contributed by atoms with Gasteiger partial charge in [-0.2, -0.15) is 0 Å². The van der Waals surface area contributed by atoms with Crippen molar-refractivity contribution in [1.82, 2.24) is 20.2 Å². The van der Waals surface area contributed by atoms with Crippen molar-refractivity contribution in [2.24, 2.45) is 0 Å². The van der Waals surface area contributed by atoms with Gasteiger partial charge in [-0.15, -0.1) is 0 Å². The summed E-state index contributed by atoms with van der Waals surface area (Å²) in [6.45, 7) is 4.38. The van der Waals surface area contributed by atoms with E-state index in [1.807, 2.05) is 24.8 Å². The summed E-state index contributed by atoms with van der Waals surface area (Å²) in [5.41, 5.74) is 0.847. The molecule has 2 amide bonds. The van der Waals surface area contributed by atoms with Crippen molar-refractivity contribution in [1.29, 1.82) is 0 Å². The topological polar surface area (TPSA) is 87.2 Å². The van der Waals surface area contributed by atoms with E-state index >= 15 is 0 Å². The number of carbonyl (C=O) groups excluding carboxylic acids is 2. The Morgan fingerprint density at radius 2 is 2.20 bits per heavy atom. The number of hydrogen-bond donors (Lipinski definition) is 2. The fraction of sp³-hybridized carbons (Fsp3) is 0.538. The van der Waals surface area contributed by atoms with Gasteiger partial charge in [0.05, 0.1) is 19.1 Å². The third kappa shape index (κ3) is 3.11. The zero-order chi connectivity index (χ0) is 14.7. The molecule has 0 radical (unpaired) electrons. The van der Waals surface area contributed by atoms with Crippen LogP contribution in [-0.4, -0.2) is 46.3 Å². The number of amides is 2. The smallest absolute Gasteiger partial charge is 0.243 e. The molecule has 1 atom stereocenters. The summed E-state index contributed by atoms with van der Waals surface area (Å²) in [4.78, 5) is 33.8. The van der Waals surface area contributed by atoms with E-state index in [2.05, 4.69) is 20.6 Å². The second-order valence-corrected chi connectivity index (χ2v) is 4.80. The molecule has 108 valence electrons. The lowest BCUT2D eigenvalue weighted by atomic mass is 10.1. The van der Waals surface area contributed by atoms with Crippen LogP contribution < -0.4 is 10.6 Å². The predicted molar refractivity (Wildman–Crippen MR) is 74.0 cm³/mol. The van der Waals surface area contributed by atoms with Crippen LogP contribution in [0, 0.1) is 6.92 Å². The number of hydrogen-bond acceptors (Lipinski definition) is 6. The lowest BCUT2D eigenvalue weighted by molar-refractivity contribution is -0.140. The molecule has 1 saturated heterocycles. The van der Waals surface area contributed by atoms with Crippen LogP contribution in [-0.2, 0) is 16.1 Å². The van der Waals surface area contributed by atoms with Crippen molar-refractivity contribution < 1.29 is 9.59 Å². The predicted octanol–water partition coefficient (Wildman–Crippen LogP) is 0.0637. The summed E-state index contributed by atoms with van der Waals surface area (Å²) in [5, 5.41) is 5.33. The number of aromatic nitrogens is 2. The Morgan fingerprint density at radius 1 is 1.45 bits per heavy atom. The molecule has 20 heavy (non-hydrogen) atoms. The first kappa shape index (κ1) is 14.4. The van der Waals surface area contributed by atoms with Crippen LogP contribution in [0.3, 0.4) is 0 Å². The van der Waals surface area contributed by atoms with E-state index < -0.39 is 0 Å². The van der Waals surface area contributed by atoms with E-state index in [0.29, 0.717) is 18.8 Å². The van der Waals surface area contributed by atoms with Gasteiger partial charge in [0, 0.05) is 18.8 Å². The lowest BCUT2D eigenvalue weighted by Crippen LogP contribution is -2.57. The number of carbonyl (C=O) groups is 2. The molecule has 7 nitrogen and oxygen atoms in total. The molecule has 1 fully saturated rings. The number of nitrogens with zero attached hydrogens (tertiary/aromatic N) is 3. The Kier molecular flexibility index (Phi) is 4.29. The second-order valence-electron chi connectivity index (χ2n) is 4.80. The lowest BCUT2D eigenvalue weighted by Gasteiger charge is -2.32. The molecule has 1 aliphatic rings. The number of aryl methyl sites for hydroxylation is 1. The molecule has 2 heterocycles. The van der Waals surface area contributed by atoms with Crippen LogP contribution in [0.2, 0.25) is 0 Å². The van der Waals surface area contributed by atoms with Gasteiger partial charge in [0.25, 0.3) is 0 Å². The fourth-order valence-corrected chi connectivity index (χ4v) is 2.34. The zero-order valence-electron chi connectivity index (χ0n) is 11.9. The van der Waals surface area contributed by atoms with Crippen LogP contribution in [0.15, 0.2) is 6.07 Å². The highest BCUT2D eigenvalue weighted by molar-refractivity contribution is 6.01. The standard InChI is InChI=1S/C13H19N5O2/c1-4-9-13(20)17-12(19)7-18(9)6-11-15-8(2)5-10(14-3)16-11/h5,9H,4,6-7H2,1-3H3,(H,14,15,16)(H,17,19,20). The normalized spacial score (nSPS) is 19.9. The maximum absolute atomic E-state index is 11.8. The van der Waals surface area contributed by atoms with Gasteiger partial charge in [0.15, 0.2) is 0 Å². The molecule has 0 bridgehead atoms. The minimum atomic E-state index is -0.310. The third-order valence-electron chi connectivity index (χ3n) is 3.24. The van der Waals surface area contributed by atoms with E-state index in [0.717, 1.165) is 11.5 Å². The summed E-state index contributed by atoms with van der Waals surface area (Å²) in [5.74, 6) is 0.815. The van der Waals surface area contributed by atoms with E-state index in [-0.39, 0.29) is 24.4 Å². The van der Waals surface area contributed by atoms with Crippen LogP contribution >= 0.6 is 0 Å². The zero-order valence-corrected chi connectivity index (χ0v) is 11.9. The summed E-state index contributed by atoms with van der Waals surface area (Å²) in [7, 11) is 1.79. The SMILES string of the molecule is CCC1C(=O)NC(=O)CN1Cc1nc(C)cc(NC)n1. The first-order chi connectivity index (χ1) is 9.53. The van der Waals surface area contributed by atoms with Crippen LogP contribution in [0.5, 0.6) is 0 Å². The first-order valence-electron chi connectivity index (χ1n) is 6.63. The number of rotatable bonds is 4.